The van der Waals surface area contributed by atoms with Crippen LogP contribution in [0.25, 0.3) is 0 Å². The van der Waals surface area contributed by atoms with Gasteiger partial charge >= 0.3 is 17.9 Å². The largest absolute Gasteiger partial charge is 0.462 e. The van der Waals surface area contributed by atoms with Gasteiger partial charge in [-0.25, -0.2) is 0 Å². The highest BCUT2D eigenvalue weighted by atomic mass is 16.6. The van der Waals surface area contributed by atoms with Crippen LogP contribution in [-0.2, 0) is 28.6 Å². The highest BCUT2D eigenvalue weighted by Crippen LogP contribution is 2.14. The fourth-order valence-corrected chi connectivity index (χ4v) is 7.05. The van der Waals surface area contributed by atoms with E-state index in [-0.39, 0.29) is 31.1 Å². The number of allylic oxidation sites excluding steroid dienone is 12. The number of hydrogen-bond donors (Lipinski definition) is 0. The summed E-state index contributed by atoms with van der Waals surface area (Å²) in [6, 6.07) is 0. The Labute approximate surface area is 382 Å². The molecule has 6 nitrogen and oxygen atoms in total. The molecule has 0 aliphatic heterocycles. The molecule has 1 unspecified atom stereocenters. The standard InChI is InChI=1S/C56H96O6/c1-4-7-10-13-16-19-22-24-26-27-28-29-31-32-34-37-40-43-46-49-55(58)61-52-53(51-60-54(57)48-45-42-39-36-21-18-15-12-9-6-3)62-56(59)50-47-44-41-38-35-33-30-25-23-20-17-14-11-8-5-2/h7,10,16,19,24-26,28-30,32,34,53H,4-6,8-9,11-15,17-18,20-23,27,31,33,35-52H2,1-3H3/b10-7-,19-16-,26-24-,29-28-,30-25-,34-32-. The van der Waals surface area contributed by atoms with Gasteiger partial charge in [-0.2, -0.15) is 0 Å². The molecule has 0 aromatic rings. The summed E-state index contributed by atoms with van der Waals surface area (Å²) in [4.78, 5) is 37.9. The molecule has 0 aromatic carbocycles. The quantitative estimate of drug-likeness (QED) is 0.0262. The average Bonchev–Trinajstić information content (AvgIpc) is 3.27. The van der Waals surface area contributed by atoms with Crippen molar-refractivity contribution in [1.82, 2.24) is 0 Å². The molecule has 0 saturated carbocycles. The number of esters is 3. The van der Waals surface area contributed by atoms with Crippen LogP contribution in [-0.4, -0.2) is 37.2 Å². The Morgan fingerprint density at radius 3 is 1.02 bits per heavy atom. The summed E-state index contributed by atoms with van der Waals surface area (Å²) in [5.41, 5.74) is 0. The van der Waals surface area contributed by atoms with E-state index in [0.717, 1.165) is 109 Å². The van der Waals surface area contributed by atoms with Gasteiger partial charge in [0.05, 0.1) is 0 Å². The van der Waals surface area contributed by atoms with E-state index in [0.29, 0.717) is 19.3 Å². The fraction of sp³-hybridized carbons (Fsp3) is 0.732. The van der Waals surface area contributed by atoms with Crippen molar-refractivity contribution in [2.24, 2.45) is 0 Å². The molecule has 0 saturated heterocycles. The molecule has 0 aromatic heterocycles. The Balaban J connectivity index is 4.42. The van der Waals surface area contributed by atoms with Crippen molar-refractivity contribution in [1.29, 1.82) is 0 Å². The lowest BCUT2D eigenvalue weighted by Crippen LogP contribution is -2.30. The van der Waals surface area contributed by atoms with Crippen LogP contribution in [0, 0.1) is 0 Å². The van der Waals surface area contributed by atoms with Crippen LogP contribution >= 0.6 is 0 Å². The predicted molar refractivity (Wildman–Crippen MR) is 265 cm³/mol. The normalized spacial score (nSPS) is 12.6. The van der Waals surface area contributed by atoms with Gasteiger partial charge in [-0.1, -0.05) is 209 Å². The Morgan fingerprint density at radius 1 is 0.339 bits per heavy atom. The monoisotopic (exact) mass is 865 g/mol. The molecule has 0 N–H and O–H groups in total. The highest BCUT2D eigenvalue weighted by Gasteiger charge is 2.19. The zero-order chi connectivity index (χ0) is 45.1. The van der Waals surface area contributed by atoms with Crippen molar-refractivity contribution in [3.63, 3.8) is 0 Å². The molecule has 62 heavy (non-hydrogen) atoms. The van der Waals surface area contributed by atoms with Crippen molar-refractivity contribution in [3.05, 3.63) is 72.9 Å². The van der Waals surface area contributed by atoms with Gasteiger partial charge in [0.15, 0.2) is 6.10 Å². The molecule has 1 atom stereocenters. The third-order valence-corrected chi connectivity index (χ3v) is 10.9. The van der Waals surface area contributed by atoms with Crippen LogP contribution in [0.5, 0.6) is 0 Å². The van der Waals surface area contributed by atoms with E-state index in [4.69, 9.17) is 14.2 Å². The lowest BCUT2D eigenvalue weighted by Gasteiger charge is -2.18. The first-order valence-corrected chi connectivity index (χ1v) is 25.9. The second-order valence-electron chi connectivity index (χ2n) is 17.1. The van der Waals surface area contributed by atoms with Crippen LogP contribution in [0.1, 0.15) is 245 Å². The van der Waals surface area contributed by atoms with Crippen molar-refractivity contribution >= 4 is 17.9 Å². The van der Waals surface area contributed by atoms with Gasteiger partial charge in [-0.3, -0.25) is 14.4 Å². The molecule has 356 valence electrons. The summed E-state index contributed by atoms with van der Waals surface area (Å²) in [6.07, 6.45) is 63.1. The van der Waals surface area contributed by atoms with E-state index in [1.54, 1.807) is 0 Å². The number of ether oxygens (including phenoxy) is 3. The Hall–Kier alpha value is -3.15. The zero-order valence-electron chi connectivity index (χ0n) is 40.6. The van der Waals surface area contributed by atoms with E-state index in [1.165, 1.54) is 96.3 Å². The van der Waals surface area contributed by atoms with Crippen molar-refractivity contribution < 1.29 is 28.6 Å². The molecular formula is C56H96O6. The molecule has 0 bridgehead atoms. The Kier molecular flexibility index (Phi) is 47.9. The van der Waals surface area contributed by atoms with E-state index in [9.17, 15) is 14.4 Å². The zero-order valence-corrected chi connectivity index (χ0v) is 40.6. The summed E-state index contributed by atoms with van der Waals surface area (Å²) in [7, 11) is 0. The minimum Gasteiger partial charge on any atom is -0.462 e. The van der Waals surface area contributed by atoms with Gasteiger partial charge in [0, 0.05) is 19.3 Å². The topological polar surface area (TPSA) is 78.9 Å². The van der Waals surface area contributed by atoms with E-state index >= 15 is 0 Å². The molecule has 0 radical (unpaired) electrons. The number of unbranched alkanes of at least 4 members (excludes halogenated alkanes) is 23. The molecule has 0 aliphatic rings. The first kappa shape index (κ1) is 58.9. The maximum atomic E-state index is 12.8. The van der Waals surface area contributed by atoms with E-state index in [2.05, 4.69) is 93.7 Å². The first-order valence-electron chi connectivity index (χ1n) is 25.9. The van der Waals surface area contributed by atoms with E-state index in [1.807, 2.05) is 0 Å². The molecule has 0 fully saturated rings. The Morgan fingerprint density at radius 2 is 0.629 bits per heavy atom. The summed E-state index contributed by atoms with van der Waals surface area (Å²) in [5, 5.41) is 0. The van der Waals surface area contributed by atoms with Crippen LogP contribution < -0.4 is 0 Å². The third kappa shape index (κ3) is 47.9. The molecule has 0 heterocycles. The van der Waals surface area contributed by atoms with Gasteiger partial charge in [-0.05, 0) is 89.9 Å². The fourth-order valence-electron chi connectivity index (χ4n) is 7.05. The highest BCUT2D eigenvalue weighted by molar-refractivity contribution is 5.71. The van der Waals surface area contributed by atoms with Gasteiger partial charge in [0.1, 0.15) is 13.2 Å². The van der Waals surface area contributed by atoms with Crippen molar-refractivity contribution in [2.75, 3.05) is 13.2 Å². The number of carbonyl (C=O) groups is 3. The SMILES string of the molecule is CC/C=C\C/C=C\C/C=C\C/C=C\C/C=C\CCCCCC(=O)OCC(COC(=O)CCCCCCCCCCCC)OC(=O)CCCCCCC/C=C\CCCCCCCC. The second kappa shape index (κ2) is 50.5. The molecule has 0 spiro atoms. The van der Waals surface area contributed by atoms with Gasteiger partial charge < -0.3 is 14.2 Å². The summed E-state index contributed by atoms with van der Waals surface area (Å²) in [6.45, 7) is 6.47. The first-order chi connectivity index (χ1) is 30.5. The molecule has 0 amide bonds. The second-order valence-corrected chi connectivity index (χ2v) is 17.1. The van der Waals surface area contributed by atoms with Crippen molar-refractivity contribution in [2.45, 2.75) is 252 Å². The summed E-state index contributed by atoms with van der Waals surface area (Å²) >= 11 is 0. The molecule has 0 aliphatic carbocycles. The number of carbonyl (C=O) groups excluding carboxylic acids is 3. The van der Waals surface area contributed by atoms with Crippen LogP contribution in [0.2, 0.25) is 0 Å². The summed E-state index contributed by atoms with van der Waals surface area (Å²) in [5.74, 6) is -0.930. The Bertz CT molecular complexity index is 1180. The molecular weight excluding hydrogens is 769 g/mol. The van der Waals surface area contributed by atoms with Gasteiger partial charge in [0.2, 0.25) is 0 Å². The van der Waals surface area contributed by atoms with Crippen LogP contribution in [0.4, 0.5) is 0 Å². The summed E-state index contributed by atoms with van der Waals surface area (Å²) < 4.78 is 16.7. The maximum Gasteiger partial charge on any atom is 0.306 e. The molecule has 0 rings (SSSR count). The van der Waals surface area contributed by atoms with Gasteiger partial charge in [0.25, 0.3) is 0 Å². The number of rotatable bonds is 46. The van der Waals surface area contributed by atoms with E-state index < -0.39 is 6.10 Å². The molecule has 6 heteroatoms. The van der Waals surface area contributed by atoms with Crippen LogP contribution in [0.15, 0.2) is 72.9 Å². The van der Waals surface area contributed by atoms with Gasteiger partial charge in [-0.15, -0.1) is 0 Å². The lowest BCUT2D eigenvalue weighted by atomic mass is 10.1. The van der Waals surface area contributed by atoms with Crippen molar-refractivity contribution in [3.8, 4) is 0 Å². The number of hydrogen-bond acceptors (Lipinski definition) is 6. The average molecular weight is 865 g/mol. The van der Waals surface area contributed by atoms with Crippen LogP contribution in [0.3, 0.4) is 0 Å². The minimum absolute atomic E-state index is 0.0881. The maximum absolute atomic E-state index is 12.8. The smallest absolute Gasteiger partial charge is 0.306 e. The predicted octanol–water partition coefficient (Wildman–Crippen LogP) is 17.0. The third-order valence-electron chi connectivity index (χ3n) is 10.9. The lowest BCUT2D eigenvalue weighted by molar-refractivity contribution is -0.167. The minimum atomic E-state index is -0.790.